The molecule has 84 valence electrons. The molecule has 1 aromatic rings. The third-order valence-corrected chi connectivity index (χ3v) is 2.52. The maximum absolute atomic E-state index is 10.5. The maximum atomic E-state index is 10.5. The summed E-state index contributed by atoms with van der Waals surface area (Å²) in [5, 5.41) is 3.92. The summed E-state index contributed by atoms with van der Waals surface area (Å²) in [4.78, 5) is 14.8. The molecule has 0 saturated carbocycles. The zero-order valence-electron chi connectivity index (χ0n) is 8.99. The fraction of sp³-hybridized carbons (Fsp3) is 0.667. The predicted octanol–water partition coefficient (Wildman–Crippen LogP) is 1.34. The van der Waals surface area contributed by atoms with E-state index in [-0.39, 0.29) is 5.91 Å². The monoisotopic (exact) mass is 228 g/mol. The lowest BCUT2D eigenvalue weighted by Gasteiger charge is -1.99. The number of anilines is 1. The van der Waals surface area contributed by atoms with Crippen molar-refractivity contribution in [3.63, 3.8) is 0 Å². The highest BCUT2D eigenvalue weighted by molar-refractivity contribution is 7.09. The lowest BCUT2D eigenvalue weighted by atomic mass is 10.2. The first kappa shape index (κ1) is 11.9. The third-order valence-electron chi connectivity index (χ3n) is 1.83. The molecular formula is C9H16N4OS. The highest BCUT2D eigenvalue weighted by Crippen LogP contribution is 2.16. The zero-order valence-corrected chi connectivity index (χ0v) is 9.80. The van der Waals surface area contributed by atoms with Gasteiger partial charge in [0.1, 0.15) is 5.82 Å². The molecule has 0 spiro atoms. The van der Waals surface area contributed by atoms with Gasteiger partial charge in [0.2, 0.25) is 11.0 Å². The zero-order chi connectivity index (χ0) is 11.3. The molecule has 3 N–H and O–H groups in total. The standard InChI is InChI=1S/C9H16N4OS/c1-6(2)8-12-9(15-13-8)11-5-3-4-7(10)14/h6H,3-5H2,1-2H3,(H2,10,14)(H,11,12,13). The van der Waals surface area contributed by atoms with E-state index in [1.165, 1.54) is 11.5 Å². The summed E-state index contributed by atoms with van der Waals surface area (Å²) >= 11 is 1.35. The Bertz CT molecular complexity index is 324. The van der Waals surface area contributed by atoms with Gasteiger partial charge < -0.3 is 11.1 Å². The van der Waals surface area contributed by atoms with Gasteiger partial charge in [-0.15, -0.1) is 0 Å². The molecule has 6 heteroatoms. The predicted molar refractivity (Wildman–Crippen MR) is 60.9 cm³/mol. The van der Waals surface area contributed by atoms with Crippen LogP contribution in [0.1, 0.15) is 38.4 Å². The average molecular weight is 228 g/mol. The average Bonchev–Trinajstić information content (AvgIpc) is 2.60. The summed E-state index contributed by atoms with van der Waals surface area (Å²) < 4.78 is 4.21. The van der Waals surface area contributed by atoms with E-state index in [1.807, 2.05) is 0 Å². The van der Waals surface area contributed by atoms with Crippen LogP contribution < -0.4 is 11.1 Å². The van der Waals surface area contributed by atoms with Crippen molar-refractivity contribution in [1.82, 2.24) is 9.36 Å². The minimum Gasteiger partial charge on any atom is -0.370 e. The molecule has 1 rings (SSSR count). The van der Waals surface area contributed by atoms with E-state index in [2.05, 4.69) is 28.5 Å². The van der Waals surface area contributed by atoms with Crippen LogP contribution in [0, 0.1) is 0 Å². The number of nitrogens with zero attached hydrogens (tertiary/aromatic N) is 2. The Kier molecular flexibility index (Phi) is 4.48. The Balaban J connectivity index is 2.28. The van der Waals surface area contributed by atoms with Crippen LogP contribution in [0.5, 0.6) is 0 Å². The van der Waals surface area contributed by atoms with Crippen molar-refractivity contribution in [2.24, 2.45) is 5.73 Å². The number of nitrogens with one attached hydrogen (secondary N) is 1. The van der Waals surface area contributed by atoms with Crippen LogP contribution in [0.2, 0.25) is 0 Å². The molecule has 0 saturated heterocycles. The molecule has 0 aliphatic heterocycles. The summed E-state index contributed by atoms with van der Waals surface area (Å²) in [5.74, 6) is 0.941. The van der Waals surface area contributed by atoms with Crippen molar-refractivity contribution in [3.05, 3.63) is 5.82 Å². The molecule has 0 atom stereocenters. The van der Waals surface area contributed by atoms with Crippen molar-refractivity contribution in [2.75, 3.05) is 11.9 Å². The number of primary amides is 1. The smallest absolute Gasteiger partial charge is 0.217 e. The maximum Gasteiger partial charge on any atom is 0.217 e. The molecule has 0 aliphatic carbocycles. The first-order chi connectivity index (χ1) is 7.09. The number of aromatic nitrogens is 2. The Morgan fingerprint density at radius 3 is 2.87 bits per heavy atom. The number of hydrogen-bond acceptors (Lipinski definition) is 5. The molecule has 0 unspecified atom stereocenters. The van der Waals surface area contributed by atoms with Gasteiger partial charge in [-0.25, -0.2) is 4.98 Å². The van der Waals surface area contributed by atoms with Crippen molar-refractivity contribution in [2.45, 2.75) is 32.6 Å². The molecule has 0 bridgehead atoms. The summed E-state index contributed by atoms with van der Waals surface area (Å²) in [7, 11) is 0. The summed E-state index contributed by atoms with van der Waals surface area (Å²) in [6.45, 7) is 4.81. The van der Waals surface area contributed by atoms with Crippen LogP contribution in [-0.4, -0.2) is 21.8 Å². The van der Waals surface area contributed by atoms with Crippen molar-refractivity contribution >= 4 is 22.6 Å². The van der Waals surface area contributed by atoms with E-state index in [0.717, 1.165) is 17.4 Å². The Hall–Kier alpha value is -1.17. The van der Waals surface area contributed by atoms with Gasteiger partial charge in [-0.1, -0.05) is 13.8 Å². The topological polar surface area (TPSA) is 80.9 Å². The molecule has 15 heavy (non-hydrogen) atoms. The lowest BCUT2D eigenvalue weighted by Crippen LogP contribution is -2.12. The number of amides is 1. The fourth-order valence-electron chi connectivity index (χ4n) is 0.999. The highest BCUT2D eigenvalue weighted by atomic mass is 32.1. The second kappa shape index (κ2) is 5.65. The molecule has 1 heterocycles. The number of rotatable bonds is 6. The van der Waals surface area contributed by atoms with Gasteiger partial charge in [-0.3, -0.25) is 4.79 Å². The van der Waals surface area contributed by atoms with Crippen LogP contribution in [0.25, 0.3) is 0 Å². The summed E-state index contributed by atoms with van der Waals surface area (Å²) in [6, 6.07) is 0. The van der Waals surface area contributed by atoms with Gasteiger partial charge in [0.25, 0.3) is 0 Å². The van der Waals surface area contributed by atoms with Crippen molar-refractivity contribution in [3.8, 4) is 0 Å². The van der Waals surface area contributed by atoms with Crippen LogP contribution in [0.3, 0.4) is 0 Å². The minimum atomic E-state index is -0.267. The molecule has 5 nitrogen and oxygen atoms in total. The molecule has 0 aromatic carbocycles. The highest BCUT2D eigenvalue weighted by Gasteiger charge is 2.06. The van der Waals surface area contributed by atoms with E-state index >= 15 is 0 Å². The van der Waals surface area contributed by atoms with Gasteiger partial charge in [0.15, 0.2) is 0 Å². The van der Waals surface area contributed by atoms with Crippen LogP contribution >= 0.6 is 11.5 Å². The molecule has 1 aromatic heterocycles. The van der Waals surface area contributed by atoms with Gasteiger partial charge in [0.05, 0.1) is 0 Å². The second-order valence-corrected chi connectivity index (χ2v) is 4.36. The van der Waals surface area contributed by atoms with Crippen LogP contribution in [-0.2, 0) is 4.79 Å². The minimum absolute atomic E-state index is 0.267. The molecule has 0 radical (unpaired) electrons. The Labute approximate surface area is 93.3 Å². The SMILES string of the molecule is CC(C)c1nsc(NCCCC(N)=O)n1. The van der Waals surface area contributed by atoms with Gasteiger partial charge >= 0.3 is 0 Å². The Morgan fingerprint density at radius 1 is 1.60 bits per heavy atom. The summed E-state index contributed by atoms with van der Waals surface area (Å²) in [6.07, 6.45) is 1.13. The number of hydrogen-bond donors (Lipinski definition) is 2. The second-order valence-electron chi connectivity index (χ2n) is 3.61. The summed E-state index contributed by atoms with van der Waals surface area (Å²) in [5.41, 5.74) is 5.02. The Morgan fingerprint density at radius 2 is 2.33 bits per heavy atom. The van der Waals surface area contributed by atoms with Crippen LogP contribution in [0.4, 0.5) is 5.13 Å². The number of carbonyl (C=O) groups excluding carboxylic acids is 1. The quantitative estimate of drug-likeness (QED) is 0.720. The fourth-order valence-corrected chi connectivity index (χ4v) is 1.73. The van der Waals surface area contributed by atoms with E-state index in [1.54, 1.807) is 0 Å². The van der Waals surface area contributed by atoms with Gasteiger partial charge in [-0.05, 0) is 6.42 Å². The van der Waals surface area contributed by atoms with Gasteiger partial charge in [-0.2, -0.15) is 4.37 Å². The normalized spacial score (nSPS) is 10.6. The first-order valence-electron chi connectivity index (χ1n) is 4.95. The van der Waals surface area contributed by atoms with E-state index in [4.69, 9.17) is 5.73 Å². The molecular weight excluding hydrogens is 212 g/mol. The van der Waals surface area contributed by atoms with Gasteiger partial charge in [0, 0.05) is 30.4 Å². The van der Waals surface area contributed by atoms with Crippen molar-refractivity contribution in [1.29, 1.82) is 0 Å². The lowest BCUT2D eigenvalue weighted by molar-refractivity contribution is -0.118. The van der Waals surface area contributed by atoms with E-state index in [0.29, 0.717) is 18.9 Å². The number of carbonyl (C=O) groups is 1. The number of nitrogens with two attached hydrogens (primary N) is 1. The first-order valence-corrected chi connectivity index (χ1v) is 5.72. The molecule has 1 amide bonds. The van der Waals surface area contributed by atoms with Crippen molar-refractivity contribution < 1.29 is 4.79 Å². The largest absolute Gasteiger partial charge is 0.370 e. The third kappa shape index (κ3) is 4.24. The van der Waals surface area contributed by atoms with E-state index in [9.17, 15) is 4.79 Å². The molecule has 0 fully saturated rings. The molecule has 0 aliphatic rings. The van der Waals surface area contributed by atoms with E-state index < -0.39 is 0 Å². The van der Waals surface area contributed by atoms with Crippen LogP contribution in [0.15, 0.2) is 0 Å².